The van der Waals surface area contributed by atoms with Crippen LogP contribution in [0.25, 0.3) is 11.4 Å². The summed E-state index contributed by atoms with van der Waals surface area (Å²) >= 11 is 0. The van der Waals surface area contributed by atoms with Crippen LogP contribution < -0.4 is 35.0 Å². The molecule has 9 heteroatoms. The zero-order valence-corrected chi connectivity index (χ0v) is 53.4. The van der Waals surface area contributed by atoms with Gasteiger partial charge in [0.1, 0.15) is 0 Å². The van der Waals surface area contributed by atoms with Crippen molar-refractivity contribution in [3.8, 4) is 22.9 Å². The number of pyridine rings is 2. The molecule has 0 fully saturated rings. The predicted octanol–water partition coefficient (Wildman–Crippen LogP) is 8.72. The van der Waals surface area contributed by atoms with Crippen LogP contribution in [0.4, 0.5) is 0 Å². The van der Waals surface area contributed by atoms with Crippen molar-refractivity contribution in [3.63, 3.8) is 0 Å². The molecule has 0 saturated heterocycles. The van der Waals surface area contributed by atoms with Crippen molar-refractivity contribution in [2.75, 3.05) is 27.2 Å². The van der Waals surface area contributed by atoms with Gasteiger partial charge in [-0.3, -0.25) is 9.97 Å². The Morgan fingerprint density at radius 3 is 0.865 bits per heavy atom. The van der Waals surface area contributed by atoms with E-state index in [9.17, 15) is 10.2 Å². The van der Waals surface area contributed by atoms with Gasteiger partial charge in [-0.2, -0.15) is 0 Å². The second kappa shape index (κ2) is 33.1. The SMILES string of the molecule is CN(CCN(C)Cc1cc(C(C)(C)C)cc(C(C)(C)C)c1[O-])Cc1cc(C(C)(C)C)cc(C(C)(C)C)c1[O-].Cc1ccccc1.Cc1ccccc1.Cc1ccccc1.[Cl-].[Cl-].[Th+4].c1ccc(-c2ccccn2)nc1. The van der Waals surface area contributed by atoms with Crippen molar-refractivity contribution in [3.05, 3.63) is 214 Å². The number of aromatic nitrogens is 2. The van der Waals surface area contributed by atoms with E-state index in [0.29, 0.717) is 13.1 Å². The molecule has 2 heterocycles. The maximum atomic E-state index is 13.4. The average molecular weight is 1260 g/mol. The molecule has 396 valence electrons. The van der Waals surface area contributed by atoms with Gasteiger partial charge in [-0.15, -0.1) is 11.5 Å². The summed E-state index contributed by atoms with van der Waals surface area (Å²) in [5.41, 5.74) is 11.3. The van der Waals surface area contributed by atoms with Crippen molar-refractivity contribution in [1.29, 1.82) is 0 Å². The maximum Gasteiger partial charge on any atom is 4.00 e. The average Bonchev–Trinajstić information content (AvgIpc) is 3.30. The molecular formula is C65H86Cl2N4O2Th. The molecule has 7 rings (SSSR count). The van der Waals surface area contributed by atoms with Crippen LogP contribution in [0.2, 0.25) is 0 Å². The standard InChI is InChI=1S/C34H56N2O2.C10H8N2.3C7H8.2ClH.Th/c1-31(2,3)25-17-23(29(37)27(19-25)33(7,8)9)21-35(13)15-16-36(14)22-24-18-26(32(4,5)6)20-28(30(24)38)34(10,11)12;1-3-7-11-9(5-1)10-6-2-4-8-12-10;3*1-7-5-3-2-4-6-7;;;/h17-20,37-38H,15-16,21-22H2,1-14H3;1-8H;3*2-6H,1H3;2*1H;/q;;;;;;;+4/p-4. The van der Waals surface area contributed by atoms with Gasteiger partial charge in [0, 0.05) is 38.6 Å². The molecule has 0 spiro atoms. The van der Waals surface area contributed by atoms with Gasteiger partial charge >= 0.3 is 39.9 Å². The number of nitrogens with zero attached hydrogens (tertiary/aromatic N) is 4. The number of benzene rings is 5. The van der Waals surface area contributed by atoms with Crippen LogP contribution in [-0.4, -0.2) is 47.0 Å². The van der Waals surface area contributed by atoms with Crippen LogP contribution in [0.5, 0.6) is 11.5 Å². The third-order valence-corrected chi connectivity index (χ3v) is 11.8. The van der Waals surface area contributed by atoms with Crippen LogP contribution in [0.1, 0.15) is 133 Å². The molecule has 0 radical (unpaired) electrons. The zero-order chi connectivity index (χ0) is 53.0. The molecule has 74 heavy (non-hydrogen) atoms. The van der Waals surface area contributed by atoms with Crippen molar-refractivity contribution in [1.82, 2.24) is 19.8 Å². The molecule has 0 bridgehead atoms. The van der Waals surface area contributed by atoms with Crippen LogP contribution in [-0.2, 0) is 34.7 Å². The molecule has 0 aliphatic carbocycles. The van der Waals surface area contributed by atoms with Gasteiger partial charge in [0.05, 0.1) is 11.4 Å². The first-order valence-electron chi connectivity index (χ1n) is 25.1. The Hall–Kier alpha value is -4.18. The number of hydrogen-bond donors (Lipinski definition) is 0. The molecule has 7 aromatic rings. The summed E-state index contributed by atoms with van der Waals surface area (Å²) in [6, 6.07) is 50.8. The van der Waals surface area contributed by atoms with E-state index in [-0.39, 0.29) is 97.9 Å². The zero-order valence-electron chi connectivity index (χ0n) is 47.8. The van der Waals surface area contributed by atoms with E-state index in [1.54, 1.807) is 12.4 Å². The predicted molar refractivity (Wildman–Crippen MR) is 300 cm³/mol. The fraction of sp³-hybridized carbons (Fsp3) is 0.385. The third-order valence-electron chi connectivity index (χ3n) is 11.8. The molecule has 2 aromatic heterocycles. The van der Waals surface area contributed by atoms with E-state index in [1.165, 1.54) is 27.8 Å². The maximum absolute atomic E-state index is 13.4. The van der Waals surface area contributed by atoms with Gasteiger partial charge < -0.3 is 44.8 Å². The van der Waals surface area contributed by atoms with E-state index < -0.39 is 0 Å². The summed E-state index contributed by atoms with van der Waals surface area (Å²) < 4.78 is 0. The van der Waals surface area contributed by atoms with Crippen molar-refractivity contribution < 1.29 is 75.0 Å². The van der Waals surface area contributed by atoms with Crippen molar-refractivity contribution in [2.45, 2.75) is 139 Å². The number of hydrogen-bond acceptors (Lipinski definition) is 6. The minimum absolute atomic E-state index is 0. The van der Waals surface area contributed by atoms with Gasteiger partial charge in [0.25, 0.3) is 0 Å². The van der Waals surface area contributed by atoms with Gasteiger partial charge in [-0.1, -0.05) is 227 Å². The number of likely N-dealkylation sites (N-methyl/N-ethyl adjacent to an activating group) is 2. The van der Waals surface area contributed by atoms with Crippen LogP contribution >= 0.6 is 0 Å². The van der Waals surface area contributed by atoms with Crippen molar-refractivity contribution >= 4 is 0 Å². The van der Waals surface area contributed by atoms with Crippen LogP contribution in [0, 0.1) is 60.7 Å². The molecule has 0 amide bonds. The minimum Gasteiger partial charge on any atom is -1.00 e. The molecule has 0 saturated carbocycles. The summed E-state index contributed by atoms with van der Waals surface area (Å²) in [5, 5.41) is 26.8. The topological polar surface area (TPSA) is 78.4 Å². The Labute approximate surface area is 493 Å². The van der Waals surface area contributed by atoms with Crippen molar-refractivity contribution in [2.24, 2.45) is 0 Å². The second-order valence-corrected chi connectivity index (χ2v) is 22.9. The summed E-state index contributed by atoms with van der Waals surface area (Å²) in [6.45, 7) is 35.0. The quantitative estimate of drug-likeness (QED) is 0.152. The first-order valence-corrected chi connectivity index (χ1v) is 25.1. The first kappa shape index (κ1) is 69.8. The van der Waals surface area contributed by atoms with Gasteiger partial charge in [0.15, 0.2) is 0 Å². The Morgan fingerprint density at radius 1 is 0.392 bits per heavy atom. The number of halogens is 2. The molecule has 0 unspecified atom stereocenters. The fourth-order valence-electron chi connectivity index (χ4n) is 7.31. The number of aryl methyl sites for hydroxylation is 3. The molecule has 0 N–H and O–H groups in total. The first-order chi connectivity index (χ1) is 33.2. The van der Waals surface area contributed by atoms with E-state index in [1.807, 2.05) is 91.0 Å². The Kier molecular flexibility index (Phi) is 31.2. The molecule has 0 aliphatic heterocycles. The van der Waals surface area contributed by atoms with Crippen LogP contribution in [0.15, 0.2) is 164 Å². The van der Waals surface area contributed by atoms with E-state index in [0.717, 1.165) is 46.7 Å². The van der Waals surface area contributed by atoms with Gasteiger partial charge in [-0.05, 0) is 114 Å². The Bertz CT molecular complexity index is 2370. The molecular weight excluding hydrogens is 1170 g/mol. The summed E-state index contributed by atoms with van der Waals surface area (Å²) in [7, 11) is 4.15. The van der Waals surface area contributed by atoms with Gasteiger partial charge in [0.2, 0.25) is 0 Å². The second-order valence-electron chi connectivity index (χ2n) is 22.9. The number of rotatable bonds is 8. The largest absolute Gasteiger partial charge is 4.00 e. The molecule has 6 nitrogen and oxygen atoms in total. The normalized spacial score (nSPS) is 11.0. The van der Waals surface area contributed by atoms with E-state index in [4.69, 9.17) is 0 Å². The fourth-order valence-corrected chi connectivity index (χ4v) is 7.31. The van der Waals surface area contributed by atoms with E-state index in [2.05, 4.69) is 198 Å². The Balaban J connectivity index is 0.00000117. The minimum atomic E-state index is -0.199. The van der Waals surface area contributed by atoms with Crippen LogP contribution in [0.3, 0.4) is 0 Å². The van der Waals surface area contributed by atoms with E-state index >= 15 is 0 Å². The summed E-state index contributed by atoms with van der Waals surface area (Å²) in [6.07, 6.45) is 3.54. The molecule has 5 aromatic carbocycles. The third kappa shape index (κ3) is 25.6. The monoisotopic (exact) mass is 1260 g/mol. The summed E-state index contributed by atoms with van der Waals surface area (Å²) in [4.78, 5) is 12.8. The van der Waals surface area contributed by atoms with Gasteiger partial charge in [-0.25, -0.2) is 0 Å². The molecule has 0 aliphatic rings. The Morgan fingerprint density at radius 2 is 0.662 bits per heavy atom. The smallest absolute Gasteiger partial charge is 1.00 e. The summed E-state index contributed by atoms with van der Waals surface area (Å²) in [5.74, 6) is 0.325. The molecule has 0 atom stereocenters.